The van der Waals surface area contributed by atoms with Gasteiger partial charge in [0.1, 0.15) is 12.5 Å². The minimum absolute atomic E-state index is 0.170. The predicted octanol–water partition coefficient (Wildman–Crippen LogP) is 0.505. The summed E-state index contributed by atoms with van der Waals surface area (Å²) in [5.41, 5.74) is 5.18. The summed E-state index contributed by atoms with van der Waals surface area (Å²) >= 11 is 0. The van der Waals surface area contributed by atoms with E-state index in [0.717, 1.165) is 24.9 Å². The molecule has 104 valence electrons. The van der Waals surface area contributed by atoms with Crippen molar-refractivity contribution in [2.45, 2.75) is 25.4 Å². The molecule has 2 heterocycles. The molecule has 10 heteroatoms. The van der Waals surface area contributed by atoms with Gasteiger partial charge in [0.05, 0.1) is 11.5 Å². The molecule has 20 heavy (non-hydrogen) atoms. The average Bonchev–Trinajstić information content (AvgIpc) is 3.15. The normalized spacial score (nSPS) is 14.2. The Kier molecular flexibility index (Phi) is 2.89. The minimum Gasteiger partial charge on any atom is -0.378 e. The van der Waals surface area contributed by atoms with Crippen molar-refractivity contribution in [1.82, 2.24) is 24.7 Å². The average molecular weight is 276 g/mol. The summed E-state index contributed by atoms with van der Waals surface area (Å²) in [7, 11) is 0. The van der Waals surface area contributed by atoms with Crippen LogP contribution in [-0.2, 0) is 6.54 Å². The molecule has 1 saturated carbocycles. The molecule has 3 rings (SSSR count). The molecule has 2 aromatic rings. The summed E-state index contributed by atoms with van der Waals surface area (Å²) in [6, 6.07) is 0.477. The van der Waals surface area contributed by atoms with Crippen LogP contribution in [-0.4, -0.2) is 29.7 Å². The van der Waals surface area contributed by atoms with Gasteiger partial charge in [0.25, 0.3) is 0 Å². The molecule has 1 fully saturated rings. The number of aromatic nitrogens is 5. The van der Waals surface area contributed by atoms with Gasteiger partial charge in [0.15, 0.2) is 5.82 Å². The Labute approximate surface area is 113 Å². The second-order valence-electron chi connectivity index (χ2n) is 4.46. The zero-order valence-electron chi connectivity index (χ0n) is 10.4. The molecule has 0 aromatic carbocycles. The largest absolute Gasteiger partial charge is 0.378 e. The number of hydrogen-bond donors (Lipinski definition) is 2. The highest BCUT2D eigenvalue weighted by Gasteiger charge is 2.26. The maximum absolute atomic E-state index is 10.6. The van der Waals surface area contributed by atoms with Gasteiger partial charge in [-0.25, -0.2) is 4.98 Å². The SMILES string of the molecule is Nc1nc(NCc2nncn2C2CC2)ncc1[N+](=O)[O-]. The standard InChI is InChI=1S/C10H12N8O2/c11-9-7(18(19)20)3-12-10(15-9)13-4-8-16-14-5-17(8)6-1-2-6/h3,5-6H,1-2,4H2,(H3,11,12,13,15). The van der Waals surface area contributed by atoms with Crippen LogP contribution in [0.15, 0.2) is 12.5 Å². The summed E-state index contributed by atoms with van der Waals surface area (Å²) in [6.45, 7) is 0.383. The first-order chi connectivity index (χ1) is 9.65. The van der Waals surface area contributed by atoms with E-state index < -0.39 is 4.92 Å². The first-order valence-corrected chi connectivity index (χ1v) is 6.04. The van der Waals surface area contributed by atoms with E-state index in [1.165, 1.54) is 0 Å². The summed E-state index contributed by atoms with van der Waals surface area (Å²) in [4.78, 5) is 17.7. The molecule has 0 unspecified atom stereocenters. The Morgan fingerprint density at radius 2 is 2.35 bits per heavy atom. The lowest BCUT2D eigenvalue weighted by Crippen LogP contribution is -2.10. The third kappa shape index (κ3) is 2.35. The first kappa shape index (κ1) is 12.3. The third-order valence-electron chi connectivity index (χ3n) is 2.99. The lowest BCUT2D eigenvalue weighted by Gasteiger charge is -2.06. The molecule has 0 atom stereocenters. The smallest absolute Gasteiger partial charge is 0.329 e. The quantitative estimate of drug-likeness (QED) is 0.594. The Balaban J connectivity index is 1.70. The van der Waals surface area contributed by atoms with Crippen LogP contribution in [0, 0.1) is 10.1 Å². The fraction of sp³-hybridized carbons (Fsp3) is 0.400. The maximum atomic E-state index is 10.6. The Bertz CT molecular complexity index is 650. The first-order valence-electron chi connectivity index (χ1n) is 6.04. The van der Waals surface area contributed by atoms with E-state index in [0.29, 0.717) is 12.6 Å². The van der Waals surface area contributed by atoms with E-state index in [9.17, 15) is 10.1 Å². The Morgan fingerprint density at radius 1 is 1.55 bits per heavy atom. The second kappa shape index (κ2) is 4.72. The highest BCUT2D eigenvalue weighted by Crippen LogP contribution is 2.35. The van der Waals surface area contributed by atoms with Crippen molar-refractivity contribution in [1.29, 1.82) is 0 Å². The van der Waals surface area contributed by atoms with Crippen molar-refractivity contribution in [3.8, 4) is 0 Å². The molecule has 0 radical (unpaired) electrons. The molecule has 0 spiro atoms. The highest BCUT2D eigenvalue weighted by atomic mass is 16.6. The Morgan fingerprint density at radius 3 is 3.00 bits per heavy atom. The lowest BCUT2D eigenvalue weighted by molar-refractivity contribution is -0.384. The summed E-state index contributed by atoms with van der Waals surface area (Å²) in [6.07, 6.45) is 5.04. The molecule has 3 N–H and O–H groups in total. The van der Waals surface area contributed by atoms with Gasteiger partial charge in [-0.1, -0.05) is 0 Å². The molecule has 2 aromatic heterocycles. The number of rotatable bonds is 5. The van der Waals surface area contributed by atoms with Crippen LogP contribution in [0.3, 0.4) is 0 Å². The van der Waals surface area contributed by atoms with Crippen molar-refractivity contribution in [3.05, 3.63) is 28.5 Å². The monoisotopic (exact) mass is 276 g/mol. The van der Waals surface area contributed by atoms with E-state index in [4.69, 9.17) is 5.73 Å². The molecule has 0 amide bonds. The van der Waals surface area contributed by atoms with Gasteiger partial charge < -0.3 is 15.6 Å². The molecule has 0 aliphatic heterocycles. The van der Waals surface area contributed by atoms with Crippen molar-refractivity contribution in [2.24, 2.45) is 0 Å². The van der Waals surface area contributed by atoms with Crippen LogP contribution in [0.2, 0.25) is 0 Å². The van der Waals surface area contributed by atoms with Crippen LogP contribution in [0.25, 0.3) is 0 Å². The summed E-state index contributed by atoms with van der Waals surface area (Å²) in [5.74, 6) is 0.822. The van der Waals surface area contributed by atoms with E-state index in [-0.39, 0.29) is 17.5 Å². The number of nitro groups is 1. The molecule has 1 aliphatic carbocycles. The zero-order valence-corrected chi connectivity index (χ0v) is 10.4. The van der Waals surface area contributed by atoms with Crippen LogP contribution < -0.4 is 11.1 Å². The highest BCUT2D eigenvalue weighted by molar-refractivity contribution is 5.53. The van der Waals surface area contributed by atoms with Crippen LogP contribution in [0.1, 0.15) is 24.7 Å². The number of anilines is 2. The summed E-state index contributed by atoms with van der Waals surface area (Å²) in [5, 5.41) is 21.4. The maximum Gasteiger partial charge on any atom is 0.329 e. The number of nitrogen functional groups attached to an aromatic ring is 1. The van der Waals surface area contributed by atoms with Gasteiger partial charge in [0.2, 0.25) is 11.8 Å². The predicted molar refractivity (Wildman–Crippen MR) is 68.7 cm³/mol. The summed E-state index contributed by atoms with van der Waals surface area (Å²) < 4.78 is 2.00. The molecular weight excluding hydrogens is 264 g/mol. The van der Waals surface area contributed by atoms with E-state index in [1.54, 1.807) is 6.33 Å². The number of nitrogens with one attached hydrogen (secondary N) is 1. The van der Waals surface area contributed by atoms with Gasteiger partial charge in [-0.2, -0.15) is 4.98 Å². The van der Waals surface area contributed by atoms with Crippen LogP contribution >= 0.6 is 0 Å². The second-order valence-corrected chi connectivity index (χ2v) is 4.46. The van der Waals surface area contributed by atoms with Crippen LogP contribution in [0.5, 0.6) is 0 Å². The van der Waals surface area contributed by atoms with Crippen molar-refractivity contribution in [2.75, 3.05) is 11.1 Å². The topological polar surface area (TPSA) is 138 Å². The van der Waals surface area contributed by atoms with Crippen molar-refractivity contribution < 1.29 is 4.92 Å². The van der Waals surface area contributed by atoms with Gasteiger partial charge in [-0.05, 0) is 12.8 Å². The van der Waals surface area contributed by atoms with E-state index in [2.05, 4.69) is 25.5 Å². The number of nitrogens with zero attached hydrogens (tertiary/aromatic N) is 6. The van der Waals surface area contributed by atoms with E-state index in [1.807, 2.05) is 4.57 Å². The zero-order chi connectivity index (χ0) is 14.1. The van der Waals surface area contributed by atoms with Gasteiger partial charge in [-0.3, -0.25) is 10.1 Å². The van der Waals surface area contributed by atoms with E-state index >= 15 is 0 Å². The third-order valence-corrected chi connectivity index (χ3v) is 2.99. The number of nitrogens with two attached hydrogens (primary N) is 1. The van der Waals surface area contributed by atoms with Gasteiger partial charge in [0, 0.05) is 6.04 Å². The molecule has 10 nitrogen and oxygen atoms in total. The van der Waals surface area contributed by atoms with Crippen LogP contribution in [0.4, 0.5) is 17.5 Å². The molecule has 1 aliphatic rings. The lowest BCUT2D eigenvalue weighted by atomic mass is 10.5. The molecule has 0 saturated heterocycles. The fourth-order valence-electron chi connectivity index (χ4n) is 1.82. The molecule has 0 bridgehead atoms. The fourth-order valence-corrected chi connectivity index (χ4v) is 1.82. The minimum atomic E-state index is -0.622. The van der Waals surface area contributed by atoms with Gasteiger partial charge in [-0.15, -0.1) is 10.2 Å². The van der Waals surface area contributed by atoms with Crippen molar-refractivity contribution in [3.63, 3.8) is 0 Å². The number of hydrogen-bond acceptors (Lipinski definition) is 8. The molecular formula is C10H12N8O2. The van der Waals surface area contributed by atoms with Gasteiger partial charge >= 0.3 is 5.69 Å². The van der Waals surface area contributed by atoms with Crippen molar-refractivity contribution >= 4 is 17.5 Å². The Hall–Kier alpha value is -2.78.